The zero-order valence-electron chi connectivity index (χ0n) is 14.0. The molecule has 1 fully saturated rings. The molecule has 3 aromatic rings. The lowest BCUT2D eigenvalue weighted by atomic mass is 10.1. The van der Waals surface area contributed by atoms with E-state index < -0.39 is 0 Å². The molecule has 0 radical (unpaired) electrons. The Morgan fingerprint density at radius 3 is 2.96 bits per heavy atom. The standard InChI is InChI=1S/C12H8BrClN2S2.C6H11NO/c13-8-6-18-12-9(4-10(14)16-11(8)12)15-5-7-2-1-3-17-7;1-5-2-6(7)4-8-3-5/h1-4,6H,5H2,(H,15,16);6H,1-4,7H2. The summed E-state index contributed by atoms with van der Waals surface area (Å²) in [4.78, 5) is 5.63. The van der Waals surface area contributed by atoms with E-state index in [2.05, 4.69) is 50.3 Å². The monoisotopic (exact) mass is 471 g/mol. The molecule has 1 aliphatic rings. The largest absolute Gasteiger partial charge is 0.379 e. The highest BCUT2D eigenvalue weighted by molar-refractivity contribution is 9.10. The van der Waals surface area contributed by atoms with E-state index in [4.69, 9.17) is 22.1 Å². The molecule has 0 saturated carbocycles. The summed E-state index contributed by atoms with van der Waals surface area (Å²) in [5.74, 6) is 0. The summed E-state index contributed by atoms with van der Waals surface area (Å²) in [6, 6.07) is 6.23. The van der Waals surface area contributed by atoms with Gasteiger partial charge in [0.1, 0.15) is 5.15 Å². The third kappa shape index (κ3) is 5.28. The molecule has 26 heavy (non-hydrogen) atoms. The number of hydrogen-bond acceptors (Lipinski definition) is 6. The summed E-state index contributed by atoms with van der Waals surface area (Å²) in [7, 11) is 0. The normalized spacial score (nSPS) is 17.0. The van der Waals surface area contributed by atoms with Crippen LogP contribution < -0.4 is 11.1 Å². The van der Waals surface area contributed by atoms with E-state index in [1.165, 1.54) is 4.88 Å². The Bertz CT molecular complexity index is 882. The zero-order valence-corrected chi connectivity index (χ0v) is 18.0. The first-order valence-corrected chi connectivity index (χ1v) is 11.0. The van der Waals surface area contributed by atoms with Gasteiger partial charge < -0.3 is 15.8 Å². The van der Waals surface area contributed by atoms with E-state index in [0.29, 0.717) is 18.4 Å². The van der Waals surface area contributed by atoms with Gasteiger partial charge in [0, 0.05) is 28.9 Å². The average molecular weight is 473 g/mol. The summed E-state index contributed by atoms with van der Waals surface area (Å²) in [6.45, 7) is 5.96. The molecule has 4 nitrogen and oxygen atoms in total. The smallest absolute Gasteiger partial charge is 0.131 e. The van der Waals surface area contributed by atoms with Crippen molar-refractivity contribution in [1.82, 2.24) is 4.98 Å². The van der Waals surface area contributed by atoms with E-state index >= 15 is 0 Å². The van der Waals surface area contributed by atoms with Gasteiger partial charge in [0.05, 0.1) is 33.6 Å². The Morgan fingerprint density at radius 1 is 1.46 bits per heavy atom. The van der Waals surface area contributed by atoms with Crippen molar-refractivity contribution in [1.29, 1.82) is 0 Å². The molecule has 0 spiro atoms. The maximum absolute atomic E-state index is 6.05. The van der Waals surface area contributed by atoms with Crippen LogP contribution in [0.1, 0.15) is 11.3 Å². The molecular weight excluding hydrogens is 454 g/mol. The Morgan fingerprint density at radius 2 is 2.31 bits per heavy atom. The number of fused-ring (bicyclic) bond motifs is 1. The van der Waals surface area contributed by atoms with Gasteiger partial charge in [0.15, 0.2) is 0 Å². The predicted octanol–water partition coefficient (Wildman–Crippen LogP) is 5.68. The van der Waals surface area contributed by atoms with Crippen LogP contribution in [-0.2, 0) is 11.3 Å². The van der Waals surface area contributed by atoms with Gasteiger partial charge in [-0.05, 0) is 33.8 Å². The first kappa shape index (κ1) is 19.8. The van der Waals surface area contributed by atoms with Crippen molar-refractivity contribution in [2.24, 2.45) is 5.73 Å². The van der Waals surface area contributed by atoms with E-state index in [1.807, 2.05) is 11.4 Å². The second kappa shape index (κ2) is 9.30. The minimum absolute atomic E-state index is 0.191. The fourth-order valence-electron chi connectivity index (χ4n) is 2.52. The van der Waals surface area contributed by atoms with Gasteiger partial charge in [-0.15, -0.1) is 22.7 Å². The average Bonchev–Trinajstić information content (AvgIpc) is 3.24. The minimum atomic E-state index is 0.191. The van der Waals surface area contributed by atoms with E-state index in [1.54, 1.807) is 22.7 Å². The molecule has 1 saturated heterocycles. The molecule has 8 heteroatoms. The minimum Gasteiger partial charge on any atom is -0.379 e. The second-order valence-corrected chi connectivity index (χ2v) is 9.07. The molecule has 4 rings (SSSR count). The van der Waals surface area contributed by atoms with Gasteiger partial charge >= 0.3 is 0 Å². The lowest BCUT2D eigenvalue weighted by Gasteiger charge is -2.19. The Kier molecular flexibility index (Phi) is 7.08. The first-order chi connectivity index (χ1) is 12.5. The van der Waals surface area contributed by atoms with Crippen molar-refractivity contribution in [2.75, 3.05) is 18.5 Å². The van der Waals surface area contributed by atoms with Crippen LogP contribution >= 0.6 is 50.2 Å². The fourth-order valence-corrected chi connectivity index (χ4v) is 4.91. The molecule has 138 valence electrons. The molecule has 0 amide bonds. The molecule has 3 N–H and O–H groups in total. The van der Waals surface area contributed by atoms with Crippen molar-refractivity contribution in [3.05, 3.63) is 55.6 Å². The zero-order chi connectivity index (χ0) is 18.5. The topological polar surface area (TPSA) is 60.2 Å². The number of nitrogens with two attached hydrogens (primary N) is 1. The van der Waals surface area contributed by atoms with Crippen molar-refractivity contribution >= 4 is 66.1 Å². The van der Waals surface area contributed by atoms with E-state index in [9.17, 15) is 0 Å². The van der Waals surface area contributed by atoms with Crippen LogP contribution in [0.5, 0.6) is 0 Å². The molecule has 0 aliphatic carbocycles. The van der Waals surface area contributed by atoms with Crippen LogP contribution in [0.15, 0.2) is 45.6 Å². The number of rotatable bonds is 3. The number of anilines is 1. The Labute approximate surface area is 174 Å². The van der Waals surface area contributed by atoms with Gasteiger partial charge in [-0.3, -0.25) is 0 Å². The summed E-state index contributed by atoms with van der Waals surface area (Å²) in [6.07, 6.45) is 0.931. The van der Waals surface area contributed by atoms with Crippen LogP contribution in [-0.4, -0.2) is 24.2 Å². The molecular formula is C18H19BrClN3OS2. The molecule has 0 bridgehead atoms. The highest BCUT2D eigenvalue weighted by atomic mass is 79.9. The number of halogens is 2. The number of nitrogens with one attached hydrogen (secondary N) is 1. The van der Waals surface area contributed by atoms with Crippen LogP contribution in [0.25, 0.3) is 10.2 Å². The fraction of sp³-hybridized carbons (Fsp3) is 0.278. The lowest BCUT2D eigenvalue weighted by molar-refractivity contribution is 0.115. The molecule has 1 unspecified atom stereocenters. The van der Waals surface area contributed by atoms with Gasteiger partial charge in [-0.2, -0.15) is 0 Å². The van der Waals surface area contributed by atoms with Crippen molar-refractivity contribution in [3.63, 3.8) is 0 Å². The maximum atomic E-state index is 6.05. The van der Waals surface area contributed by atoms with Crippen molar-refractivity contribution in [2.45, 2.75) is 19.0 Å². The van der Waals surface area contributed by atoms with Crippen LogP contribution in [0.3, 0.4) is 0 Å². The van der Waals surface area contributed by atoms with Gasteiger partial charge in [0.25, 0.3) is 0 Å². The Balaban J connectivity index is 0.000000206. The second-order valence-electron chi connectivity index (χ2n) is 5.92. The van der Waals surface area contributed by atoms with Crippen molar-refractivity contribution in [3.8, 4) is 0 Å². The predicted molar refractivity (Wildman–Crippen MR) is 117 cm³/mol. The summed E-state index contributed by atoms with van der Waals surface area (Å²) in [5, 5.41) is 8.04. The van der Waals surface area contributed by atoms with Crippen LogP contribution in [0.2, 0.25) is 5.15 Å². The molecule has 4 heterocycles. The third-order valence-corrected chi connectivity index (χ3v) is 6.65. The quantitative estimate of drug-likeness (QED) is 0.380. The van der Waals surface area contributed by atoms with E-state index in [-0.39, 0.29) is 6.04 Å². The number of thiophene rings is 2. The molecule has 1 aliphatic heterocycles. The molecule has 3 aromatic heterocycles. The highest BCUT2D eigenvalue weighted by Crippen LogP contribution is 2.35. The summed E-state index contributed by atoms with van der Waals surface area (Å²) in [5.41, 5.74) is 8.61. The summed E-state index contributed by atoms with van der Waals surface area (Å²) < 4.78 is 7.19. The number of pyridine rings is 1. The third-order valence-electron chi connectivity index (χ3n) is 3.67. The van der Waals surface area contributed by atoms with Gasteiger partial charge in [0.2, 0.25) is 0 Å². The number of aromatic nitrogens is 1. The summed E-state index contributed by atoms with van der Waals surface area (Å²) >= 11 is 12.9. The Hall–Kier alpha value is -0.960. The lowest BCUT2D eigenvalue weighted by Crippen LogP contribution is -2.31. The van der Waals surface area contributed by atoms with Gasteiger partial charge in [-0.1, -0.05) is 29.8 Å². The van der Waals surface area contributed by atoms with E-state index in [0.717, 1.165) is 38.9 Å². The maximum Gasteiger partial charge on any atom is 0.131 e. The van der Waals surface area contributed by atoms with Crippen molar-refractivity contribution < 1.29 is 4.74 Å². The number of ether oxygens (including phenoxy) is 1. The van der Waals surface area contributed by atoms with Crippen LogP contribution in [0.4, 0.5) is 5.69 Å². The highest BCUT2D eigenvalue weighted by Gasteiger charge is 2.11. The molecule has 1 atom stereocenters. The molecule has 0 aromatic carbocycles. The number of hydrogen-bond donors (Lipinski definition) is 2. The van der Waals surface area contributed by atoms with Crippen LogP contribution in [0, 0.1) is 0 Å². The number of nitrogens with zero attached hydrogens (tertiary/aromatic N) is 1. The van der Waals surface area contributed by atoms with Gasteiger partial charge in [-0.25, -0.2) is 4.98 Å². The first-order valence-electron chi connectivity index (χ1n) is 8.02. The SMILES string of the molecule is C=C1COCC(N)C1.Clc1cc(NCc2cccs2)c2scc(Br)c2n1.